The number of halogens is 1. The fourth-order valence-electron chi connectivity index (χ4n) is 2.61. The zero-order valence-corrected chi connectivity index (χ0v) is 13.2. The van der Waals surface area contributed by atoms with Crippen molar-refractivity contribution in [3.05, 3.63) is 28.8 Å². The van der Waals surface area contributed by atoms with E-state index >= 15 is 0 Å². The second-order valence-electron chi connectivity index (χ2n) is 5.93. The van der Waals surface area contributed by atoms with E-state index in [0.717, 1.165) is 50.5 Å². The van der Waals surface area contributed by atoms with Crippen LogP contribution in [0.1, 0.15) is 38.7 Å². The molecule has 1 aromatic rings. The third-order valence-electron chi connectivity index (χ3n) is 3.97. The van der Waals surface area contributed by atoms with Gasteiger partial charge in [-0.25, -0.2) is 0 Å². The summed E-state index contributed by atoms with van der Waals surface area (Å²) in [5.41, 5.74) is 1.97. The van der Waals surface area contributed by atoms with Gasteiger partial charge in [-0.15, -0.1) is 0 Å². The highest BCUT2D eigenvalue weighted by Crippen LogP contribution is 2.30. The van der Waals surface area contributed by atoms with Gasteiger partial charge in [-0.1, -0.05) is 24.6 Å². The van der Waals surface area contributed by atoms with E-state index in [2.05, 4.69) is 23.2 Å². The maximum Gasteiger partial charge on any atom is 0.0653 e. The van der Waals surface area contributed by atoms with Crippen molar-refractivity contribution in [1.82, 2.24) is 5.32 Å². The van der Waals surface area contributed by atoms with Crippen LogP contribution in [0.2, 0.25) is 5.02 Å². The van der Waals surface area contributed by atoms with Crippen LogP contribution >= 0.6 is 11.6 Å². The normalized spacial score (nSPS) is 18.3. The van der Waals surface area contributed by atoms with Gasteiger partial charge in [-0.3, -0.25) is 0 Å². The van der Waals surface area contributed by atoms with Gasteiger partial charge in [0.1, 0.15) is 0 Å². The van der Waals surface area contributed by atoms with Crippen LogP contribution in [0.15, 0.2) is 18.2 Å². The zero-order valence-electron chi connectivity index (χ0n) is 12.5. The molecule has 1 saturated heterocycles. The molecule has 112 valence electrons. The molecule has 0 spiro atoms. The minimum atomic E-state index is -0.518. The summed E-state index contributed by atoms with van der Waals surface area (Å²) < 4.78 is 0. The molecule has 0 aromatic heterocycles. The monoisotopic (exact) mass is 296 g/mol. The largest absolute Gasteiger partial charge is 0.390 e. The van der Waals surface area contributed by atoms with E-state index in [1.54, 1.807) is 0 Å². The smallest absolute Gasteiger partial charge is 0.0653 e. The third kappa shape index (κ3) is 4.11. The van der Waals surface area contributed by atoms with Gasteiger partial charge in [0, 0.05) is 30.3 Å². The number of anilines is 1. The molecule has 2 N–H and O–H groups in total. The van der Waals surface area contributed by atoms with Gasteiger partial charge in [0.25, 0.3) is 0 Å². The van der Waals surface area contributed by atoms with E-state index in [-0.39, 0.29) is 0 Å². The molecule has 0 unspecified atom stereocenters. The van der Waals surface area contributed by atoms with E-state index < -0.39 is 5.60 Å². The molecule has 0 aliphatic carbocycles. The van der Waals surface area contributed by atoms with E-state index in [9.17, 15) is 5.11 Å². The topological polar surface area (TPSA) is 35.5 Å². The average molecular weight is 297 g/mol. The Hall–Kier alpha value is -0.770. The molecule has 0 atom stereocenters. The molecule has 0 bridgehead atoms. The molecule has 1 aliphatic rings. The maximum atomic E-state index is 10.1. The fourth-order valence-corrected chi connectivity index (χ4v) is 2.78. The molecule has 1 fully saturated rings. The lowest BCUT2D eigenvalue weighted by Crippen LogP contribution is -2.42. The number of rotatable bonds is 5. The number of aliphatic hydroxyl groups is 1. The summed E-state index contributed by atoms with van der Waals surface area (Å²) in [6, 6.07) is 6.10. The van der Waals surface area contributed by atoms with Crippen LogP contribution < -0.4 is 10.2 Å². The summed E-state index contributed by atoms with van der Waals surface area (Å²) in [6.07, 6.45) is 2.75. The summed E-state index contributed by atoms with van der Waals surface area (Å²) >= 11 is 6.16. The highest BCUT2D eigenvalue weighted by Gasteiger charge is 2.28. The van der Waals surface area contributed by atoms with Crippen molar-refractivity contribution in [1.29, 1.82) is 0 Å². The van der Waals surface area contributed by atoms with Crippen LogP contribution in [0.5, 0.6) is 0 Å². The Morgan fingerprint density at radius 2 is 2.05 bits per heavy atom. The van der Waals surface area contributed by atoms with Crippen LogP contribution in [0.4, 0.5) is 5.69 Å². The fraction of sp³-hybridized carbons (Fsp3) is 0.625. The van der Waals surface area contributed by atoms with Crippen molar-refractivity contribution in [2.45, 2.75) is 45.3 Å². The molecule has 0 amide bonds. The van der Waals surface area contributed by atoms with Crippen molar-refractivity contribution in [3.8, 4) is 0 Å². The van der Waals surface area contributed by atoms with Gasteiger partial charge in [-0.05, 0) is 50.4 Å². The van der Waals surface area contributed by atoms with Crippen molar-refractivity contribution in [3.63, 3.8) is 0 Å². The predicted octanol–water partition coefficient (Wildman–Crippen LogP) is 3.19. The summed E-state index contributed by atoms with van der Waals surface area (Å²) in [7, 11) is 0. The Kier molecular flexibility index (Phi) is 5.30. The van der Waals surface area contributed by atoms with Crippen molar-refractivity contribution in [2.24, 2.45) is 0 Å². The Morgan fingerprint density at radius 3 is 2.70 bits per heavy atom. The highest BCUT2D eigenvalue weighted by atomic mass is 35.5. The molecule has 1 aliphatic heterocycles. The molecular formula is C16H25ClN2O. The first-order valence-electron chi connectivity index (χ1n) is 7.48. The SMILES string of the molecule is CCCNCc1ccc(Cl)cc1N1CCC(C)(O)CC1. The van der Waals surface area contributed by atoms with Gasteiger partial charge in [0.2, 0.25) is 0 Å². The Balaban J connectivity index is 2.11. The number of piperidine rings is 1. The van der Waals surface area contributed by atoms with Gasteiger partial charge >= 0.3 is 0 Å². The van der Waals surface area contributed by atoms with Crippen molar-refractivity contribution >= 4 is 17.3 Å². The first kappa shape index (κ1) is 15.6. The zero-order chi connectivity index (χ0) is 14.6. The number of nitrogens with zero attached hydrogens (tertiary/aromatic N) is 1. The summed E-state index contributed by atoms with van der Waals surface area (Å²) in [5, 5.41) is 14.3. The maximum absolute atomic E-state index is 10.1. The summed E-state index contributed by atoms with van der Waals surface area (Å²) in [4.78, 5) is 2.34. The van der Waals surface area contributed by atoms with Gasteiger partial charge in [0.15, 0.2) is 0 Å². The number of nitrogens with one attached hydrogen (secondary N) is 1. The predicted molar refractivity (Wildman–Crippen MR) is 85.5 cm³/mol. The second kappa shape index (κ2) is 6.79. The standard InChI is InChI=1S/C16H25ClN2O/c1-3-8-18-12-13-4-5-14(17)11-15(13)19-9-6-16(2,20)7-10-19/h4-5,11,18,20H,3,6-10,12H2,1-2H3. The average Bonchev–Trinajstić information content (AvgIpc) is 2.41. The van der Waals surface area contributed by atoms with Gasteiger partial charge < -0.3 is 15.3 Å². The Labute approximate surface area is 126 Å². The first-order chi connectivity index (χ1) is 9.52. The quantitative estimate of drug-likeness (QED) is 0.819. The van der Waals surface area contributed by atoms with Crippen molar-refractivity contribution < 1.29 is 5.11 Å². The number of hydrogen-bond acceptors (Lipinski definition) is 3. The molecular weight excluding hydrogens is 272 g/mol. The summed E-state index contributed by atoms with van der Waals surface area (Å²) in [6.45, 7) is 7.75. The Bertz CT molecular complexity index is 438. The minimum absolute atomic E-state index is 0.518. The lowest BCUT2D eigenvalue weighted by molar-refractivity contribution is 0.0351. The molecule has 0 saturated carbocycles. The van der Waals surface area contributed by atoms with Crippen LogP contribution in [-0.4, -0.2) is 30.3 Å². The van der Waals surface area contributed by atoms with Crippen LogP contribution in [0.25, 0.3) is 0 Å². The minimum Gasteiger partial charge on any atom is -0.390 e. The van der Waals surface area contributed by atoms with E-state index in [4.69, 9.17) is 11.6 Å². The number of benzene rings is 1. The number of hydrogen-bond donors (Lipinski definition) is 2. The summed E-state index contributed by atoms with van der Waals surface area (Å²) in [5.74, 6) is 0. The molecule has 3 nitrogen and oxygen atoms in total. The molecule has 0 radical (unpaired) electrons. The first-order valence-corrected chi connectivity index (χ1v) is 7.86. The van der Waals surface area contributed by atoms with Crippen LogP contribution in [0.3, 0.4) is 0 Å². The van der Waals surface area contributed by atoms with E-state index in [1.165, 1.54) is 11.3 Å². The second-order valence-corrected chi connectivity index (χ2v) is 6.37. The Morgan fingerprint density at radius 1 is 1.35 bits per heavy atom. The molecule has 2 rings (SSSR count). The third-order valence-corrected chi connectivity index (χ3v) is 4.21. The highest BCUT2D eigenvalue weighted by molar-refractivity contribution is 6.30. The molecule has 20 heavy (non-hydrogen) atoms. The van der Waals surface area contributed by atoms with E-state index in [0.29, 0.717) is 0 Å². The van der Waals surface area contributed by atoms with Crippen LogP contribution in [0, 0.1) is 0 Å². The van der Waals surface area contributed by atoms with Crippen molar-refractivity contribution in [2.75, 3.05) is 24.5 Å². The molecule has 1 aromatic carbocycles. The lowest BCUT2D eigenvalue weighted by Gasteiger charge is -2.38. The van der Waals surface area contributed by atoms with Crippen LogP contribution in [-0.2, 0) is 6.54 Å². The lowest BCUT2D eigenvalue weighted by atomic mass is 9.93. The molecule has 4 heteroatoms. The molecule has 1 heterocycles. The van der Waals surface area contributed by atoms with Gasteiger partial charge in [0.05, 0.1) is 5.60 Å². The van der Waals surface area contributed by atoms with Gasteiger partial charge in [-0.2, -0.15) is 0 Å². The van der Waals surface area contributed by atoms with E-state index in [1.807, 2.05) is 19.1 Å².